The van der Waals surface area contributed by atoms with E-state index in [2.05, 4.69) is 49.6 Å². The van der Waals surface area contributed by atoms with E-state index in [1.54, 1.807) is 6.07 Å². The zero-order valence-corrected chi connectivity index (χ0v) is 24.0. The number of benzene rings is 3. The van der Waals surface area contributed by atoms with Crippen LogP contribution < -0.4 is 16.4 Å². The quantitative estimate of drug-likeness (QED) is 0.317. The van der Waals surface area contributed by atoms with Gasteiger partial charge in [0.1, 0.15) is 0 Å². The fraction of sp³-hybridized carbons (Fsp3) is 0.375. The van der Waals surface area contributed by atoms with Gasteiger partial charge >= 0.3 is 0 Å². The normalized spacial score (nSPS) is 14.6. The van der Waals surface area contributed by atoms with Crippen molar-refractivity contribution in [3.63, 3.8) is 0 Å². The van der Waals surface area contributed by atoms with Crippen LogP contribution in [0.15, 0.2) is 60.7 Å². The van der Waals surface area contributed by atoms with E-state index in [4.69, 9.17) is 23.1 Å². The third-order valence-corrected chi connectivity index (χ3v) is 7.85. The Morgan fingerprint density at radius 3 is 2.10 bits per heavy atom. The van der Waals surface area contributed by atoms with Crippen molar-refractivity contribution in [3.8, 4) is 0 Å². The molecule has 7 heteroatoms. The number of carbonyl (C=O) groups is 2. The standard InChI is InChI=1S/C32H39ClN4O2/c1-20(2)29-27(32(35)39)12-13-28(30(29)21(3)4)37(26-7-5-6-23(18-26)31(34)38)25-14-16-36(17-15-25)19-22-8-10-24(33)11-9-22/h5-13,18,20-21,25H,14-17,19H2,1-4H3,(H2,34,38)(H2,35,39). The van der Waals surface area contributed by atoms with Gasteiger partial charge < -0.3 is 16.4 Å². The highest BCUT2D eigenvalue weighted by Crippen LogP contribution is 2.42. The van der Waals surface area contributed by atoms with Gasteiger partial charge in [-0.2, -0.15) is 0 Å². The predicted molar refractivity (Wildman–Crippen MR) is 160 cm³/mol. The highest BCUT2D eigenvalue weighted by atomic mass is 35.5. The molecule has 39 heavy (non-hydrogen) atoms. The number of amides is 2. The van der Waals surface area contributed by atoms with Crippen LogP contribution in [0.3, 0.4) is 0 Å². The lowest BCUT2D eigenvalue weighted by molar-refractivity contribution is 0.0991. The average Bonchev–Trinajstić information content (AvgIpc) is 2.90. The van der Waals surface area contributed by atoms with E-state index in [1.165, 1.54) is 5.56 Å². The van der Waals surface area contributed by atoms with Gasteiger partial charge in [0.05, 0.1) is 0 Å². The van der Waals surface area contributed by atoms with Crippen LogP contribution in [0, 0.1) is 0 Å². The lowest BCUT2D eigenvalue weighted by Crippen LogP contribution is -2.43. The number of primary amides is 2. The monoisotopic (exact) mass is 546 g/mol. The topological polar surface area (TPSA) is 92.7 Å². The molecule has 0 saturated carbocycles. The molecule has 3 aromatic carbocycles. The minimum absolute atomic E-state index is 0.116. The molecule has 1 heterocycles. The van der Waals surface area contributed by atoms with Gasteiger partial charge in [-0.25, -0.2) is 0 Å². The molecule has 3 aromatic rings. The molecule has 1 saturated heterocycles. The largest absolute Gasteiger partial charge is 0.366 e. The van der Waals surface area contributed by atoms with Crippen molar-refractivity contribution in [3.05, 3.63) is 93.5 Å². The summed E-state index contributed by atoms with van der Waals surface area (Å²) in [6, 6.07) is 19.7. The van der Waals surface area contributed by atoms with Crippen molar-refractivity contribution < 1.29 is 9.59 Å². The third-order valence-electron chi connectivity index (χ3n) is 7.59. The average molecular weight is 547 g/mol. The summed E-state index contributed by atoms with van der Waals surface area (Å²) in [5.41, 5.74) is 17.9. The maximum Gasteiger partial charge on any atom is 0.248 e. The summed E-state index contributed by atoms with van der Waals surface area (Å²) in [6.45, 7) is 11.3. The van der Waals surface area contributed by atoms with E-state index in [9.17, 15) is 9.59 Å². The fourth-order valence-corrected chi connectivity index (χ4v) is 5.94. The summed E-state index contributed by atoms with van der Waals surface area (Å²) in [5, 5.41) is 0.746. The lowest BCUT2D eigenvalue weighted by atomic mass is 9.84. The third kappa shape index (κ3) is 6.45. The molecule has 206 valence electrons. The molecule has 4 rings (SSSR count). The first kappa shape index (κ1) is 28.7. The number of carbonyl (C=O) groups excluding carboxylic acids is 2. The van der Waals surface area contributed by atoms with Crippen LogP contribution in [0.25, 0.3) is 0 Å². The molecule has 1 fully saturated rings. The van der Waals surface area contributed by atoms with Crippen LogP contribution in [-0.2, 0) is 6.54 Å². The summed E-state index contributed by atoms with van der Waals surface area (Å²) in [7, 11) is 0. The molecule has 0 spiro atoms. The molecule has 2 amide bonds. The number of nitrogens with zero attached hydrogens (tertiary/aromatic N) is 2. The van der Waals surface area contributed by atoms with Crippen molar-refractivity contribution in [1.82, 2.24) is 4.90 Å². The second-order valence-corrected chi connectivity index (χ2v) is 11.5. The number of hydrogen-bond acceptors (Lipinski definition) is 4. The molecule has 1 aliphatic heterocycles. The number of halogens is 1. The van der Waals surface area contributed by atoms with E-state index in [-0.39, 0.29) is 17.9 Å². The molecule has 0 unspecified atom stereocenters. The first-order chi connectivity index (χ1) is 18.6. The molecule has 0 radical (unpaired) electrons. The number of piperidine rings is 1. The van der Waals surface area contributed by atoms with Crippen LogP contribution in [-0.4, -0.2) is 35.8 Å². The smallest absolute Gasteiger partial charge is 0.248 e. The fourth-order valence-electron chi connectivity index (χ4n) is 5.82. The van der Waals surface area contributed by atoms with Crippen LogP contribution in [0.1, 0.15) is 89.8 Å². The molecule has 0 aromatic heterocycles. The van der Waals surface area contributed by atoms with Crippen molar-refractivity contribution in [2.75, 3.05) is 18.0 Å². The lowest BCUT2D eigenvalue weighted by Gasteiger charge is -2.42. The van der Waals surface area contributed by atoms with Crippen molar-refractivity contribution >= 4 is 34.8 Å². The molecule has 0 bridgehead atoms. The van der Waals surface area contributed by atoms with Gasteiger partial charge in [-0.05, 0) is 83.8 Å². The summed E-state index contributed by atoms with van der Waals surface area (Å²) >= 11 is 6.07. The summed E-state index contributed by atoms with van der Waals surface area (Å²) in [5.74, 6) is -0.594. The molecular weight excluding hydrogens is 508 g/mol. The van der Waals surface area contributed by atoms with Gasteiger partial charge in [0.15, 0.2) is 0 Å². The van der Waals surface area contributed by atoms with Gasteiger partial charge in [0.2, 0.25) is 11.8 Å². The molecule has 6 nitrogen and oxygen atoms in total. The summed E-state index contributed by atoms with van der Waals surface area (Å²) in [4.78, 5) is 29.4. The first-order valence-electron chi connectivity index (χ1n) is 13.7. The van der Waals surface area contributed by atoms with Crippen molar-refractivity contribution in [2.24, 2.45) is 11.5 Å². The van der Waals surface area contributed by atoms with Gasteiger partial charge in [-0.15, -0.1) is 0 Å². The van der Waals surface area contributed by atoms with Crippen LogP contribution in [0.5, 0.6) is 0 Å². The number of hydrogen-bond donors (Lipinski definition) is 2. The highest BCUT2D eigenvalue weighted by molar-refractivity contribution is 6.30. The SMILES string of the molecule is CC(C)c1c(C(N)=O)ccc(N(c2cccc(C(N)=O)c2)C2CCN(Cc3ccc(Cl)cc3)CC2)c1C(C)C. The number of likely N-dealkylation sites (tertiary alicyclic amines) is 1. The molecule has 4 N–H and O–H groups in total. The number of nitrogens with two attached hydrogens (primary N) is 2. The van der Waals surface area contributed by atoms with Gasteiger partial charge in [0.25, 0.3) is 0 Å². The van der Waals surface area contributed by atoms with Crippen LogP contribution >= 0.6 is 11.6 Å². The molecule has 0 aliphatic carbocycles. The van der Waals surface area contributed by atoms with E-state index in [0.717, 1.165) is 60.0 Å². The van der Waals surface area contributed by atoms with Gasteiger partial charge in [0, 0.05) is 53.2 Å². The zero-order valence-electron chi connectivity index (χ0n) is 23.3. The predicted octanol–water partition coefficient (Wildman–Crippen LogP) is 6.59. The van der Waals surface area contributed by atoms with Crippen molar-refractivity contribution in [2.45, 2.75) is 65.0 Å². The van der Waals surface area contributed by atoms with E-state index >= 15 is 0 Å². The highest BCUT2D eigenvalue weighted by Gasteiger charge is 2.31. The van der Waals surface area contributed by atoms with Gasteiger partial charge in [-0.1, -0.05) is 57.5 Å². The molecule has 0 atom stereocenters. The van der Waals surface area contributed by atoms with Crippen LogP contribution in [0.2, 0.25) is 5.02 Å². The van der Waals surface area contributed by atoms with Crippen molar-refractivity contribution in [1.29, 1.82) is 0 Å². The second kappa shape index (κ2) is 12.2. The van der Waals surface area contributed by atoms with Crippen LogP contribution in [0.4, 0.5) is 11.4 Å². The Morgan fingerprint density at radius 1 is 0.897 bits per heavy atom. The Balaban J connectivity index is 1.75. The second-order valence-electron chi connectivity index (χ2n) is 11.1. The Hall–Kier alpha value is -3.35. The van der Waals surface area contributed by atoms with Gasteiger partial charge in [-0.3, -0.25) is 14.5 Å². The maximum atomic E-state index is 12.4. The van der Waals surface area contributed by atoms with E-state index in [0.29, 0.717) is 11.1 Å². The summed E-state index contributed by atoms with van der Waals surface area (Å²) < 4.78 is 0. The minimum Gasteiger partial charge on any atom is -0.366 e. The minimum atomic E-state index is -0.453. The zero-order chi connectivity index (χ0) is 28.3. The number of rotatable bonds is 9. The first-order valence-corrected chi connectivity index (χ1v) is 14.1. The Bertz CT molecular complexity index is 1330. The Morgan fingerprint density at radius 2 is 1.54 bits per heavy atom. The Kier molecular flexibility index (Phi) is 8.98. The molecular formula is C32H39ClN4O2. The maximum absolute atomic E-state index is 12.4. The van der Waals surface area contributed by atoms with E-state index in [1.807, 2.05) is 42.5 Å². The Labute approximate surface area is 236 Å². The number of anilines is 2. The molecule has 1 aliphatic rings. The van der Waals surface area contributed by atoms with E-state index < -0.39 is 11.8 Å². The summed E-state index contributed by atoms with van der Waals surface area (Å²) in [6.07, 6.45) is 1.89.